The Kier molecular flexibility index (Phi) is 2.66. The number of ether oxygens (including phenoxy) is 2. The maximum Gasteiger partial charge on any atom is 0.124 e. The van der Waals surface area contributed by atoms with Crippen LogP contribution < -0.4 is 5.73 Å². The highest BCUT2D eigenvalue weighted by Crippen LogP contribution is 2.17. The van der Waals surface area contributed by atoms with E-state index in [1.54, 1.807) is 0 Å². The van der Waals surface area contributed by atoms with Crippen LogP contribution >= 0.6 is 0 Å². The van der Waals surface area contributed by atoms with E-state index in [0.29, 0.717) is 0 Å². The fourth-order valence-corrected chi connectivity index (χ4v) is 1.50. The topological polar surface area (TPSA) is 44.5 Å². The first-order valence-electron chi connectivity index (χ1n) is 4.73. The lowest BCUT2D eigenvalue weighted by Crippen LogP contribution is -2.19. The fraction of sp³-hybridized carbons (Fsp3) is 0.600. The van der Waals surface area contributed by atoms with E-state index in [2.05, 4.69) is 0 Å². The SMILES string of the molecule is NC1C=CC(OC2CCOC2)=CC1. The molecule has 0 saturated carbocycles. The maximum absolute atomic E-state index is 5.69. The lowest BCUT2D eigenvalue weighted by atomic mass is 10.1. The Labute approximate surface area is 78.2 Å². The summed E-state index contributed by atoms with van der Waals surface area (Å²) in [6.07, 6.45) is 8.09. The van der Waals surface area contributed by atoms with Gasteiger partial charge in [0.05, 0.1) is 13.2 Å². The van der Waals surface area contributed by atoms with Gasteiger partial charge in [-0.05, 0) is 18.6 Å². The Bertz CT molecular complexity index is 229. The third kappa shape index (κ3) is 2.32. The van der Waals surface area contributed by atoms with Gasteiger partial charge < -0.3 is 15.2 Å². The van der Waals surface area contributed by atoms with Crippen LogP contribution in [-0.4, -0.2) is 25.4 Å². The smallest absolute Gasteiger partial charge is 0.124 e. The molecule has 2 aliphatic rings. The van der Waals surface area contributed by atoms with Crippen molar-refractivity contribution in [3.05, 3.63) is 24.0 Å². The molecule has 1 aliphatic heterocycles. The Morgan fingerprint density at radius 1 is 1.54 bits per heavy atom. The van der Waals surface area contributed by atoms with Crippen molar-refractivity contribution in [1.82, 2.24) is 0 Å². The summed E-state index contributed by atoms with van der Waals surface area (Å²) in [6.45, 7) is 1.54. The normalized spacial score (nSPS) is 33.2. The van der Waals surface area contributed by atoms with E-state index < -0.39 is 0 Å². The van der Waals surface area contributed by atoms with E-state index in [1.807, 2.05) is 18.2 Å². The second-order valence-electron chi connectivity index (χ2n) is 3.47. The standard InChI is InChI=1S/C10H15NO2/c11-8-1-3-9(4-2-8)13-10-5-6-12-7-10/h1,3-4,8,10H,2,5-7,11H2. The van der Waals surface area contributed by atoms with Gasteiger partial charge in [0.1, 0.15) is 11.9 Å². The zero-order valence-corrected chi connectivity index (χ0v) is 7.61. The second-order valence-corrected chi connectivity index (χ2v) is 3.47. The molecule has 72 valence electrons. The van der Waals surface area contributed by atoms with Crippen LogP contribution in [0.1, 0.15) is 12.8 Å². The Hall–Kier alpha value is -0.800. The molecule has 0 spiro atoms. The first-order chi connectivity index (χ1) is 6.34. The van der Waals surface area contributed by atoms with Gasteiger partial charge in [-0.15, -0.1) is 0 Å². The van der Waals surface area contributed by atoms with Crippen molar-refractivity contribution in [3.63, 3.8) is 0 Å². The quantitative estimate of drug-likeness (QED) is 0.690. The maximum atomic E-state index is 5.69. The van der Waals surface area contributed by atoms with Gasteiger partial charge in [0.15, 0.2) is 0 Å². The zero-order valence-electron chi connectivity index (χ0n) is 7.61. The average molecular weight is 181 g/mol. The van der Waals surface area contributed by atoms with E-state index in [-0.39, 0.29) is 12.1 Å². The molecule has 13 heavy (non-hydrogen) atoms. The summed E-state index contributed by atoms with van der Waals surface area (Å²) in [5.74, 6) is 0.942. The van der Waals surface area contributed by atoms with Crippen molar-refractivity contribution in [2.75, 3.05) is 13.2 Å². The molecular weight excluding hydrogens is 166 g/mol. The van der Waals surface area contributed by atoms with E-state index >= 15 is 0 Å². The summed E-state index contributed by atoms with van der Waals surface area (Å²) in [7, 11) is 0. The molecule has 3 heteroatoms. The molecule has 0 aromatic heterocycles. The molecule has 0 amide bonds. The molecule has 1 heterocycles. The first kappa shape index (κ1) is 8.78. The predicted octanol–water partition coefficient (Wildman–Crippen LogP) is 0.963. The minimum atomic E-state index is 0.159. The summed E-state index contributed by atoms with van der Waals surface area (Å²) in [5.41, 5.74) is 5.69. The summed E-state index contributed by atoms with van der Waals surface area (Å²) < 4.78 is 10.9. The number of allylic oxidation sites excluding steroid dienone is 1. The van der Waals surface area contributed by atoms with Crippen molar-refractivity contribution in [2.45, 2.75) is 25.0 Å². The van der Waals surface area contributed by atoms with Crippen LogP contribution in [0.3, 0.4) is 0 Å². The van der Waals surface area contributed by atoms with E-state index in [0.717, 1.165) is 31.8 Å². The minimum absolute atomic E-state index is 0.159. The summed E-state index contributed by atoms with van der Waals surface area (Å²) in [5, 5.41) is 0. The minimum Gasteiger partial charge on any atom is -0.488 e. The van der Waals surface area contributed by atoms with Crippen molar-refractivity contribution >= 4 is 0 Å². The largest absolute Gasteiger partial charge is 0.488 e. The lowest BCUT2D eigenvalue weighted by Gasteiger charge is -2.16. The molecule has 1 aliphatic carbocycles. The zero-order chi connectivity index (χ0) is 9.10. The van der Waals surface area contributed by atoms with Crippen LogP contribution in [0, 0.1) is 0 Å². The van der Waals surface area contributed by atoms with Gasteiger partial charge in [-0.25, -0.2) is 0 Å². The van der Waals surface area contributed by atoms with Gasteiger partial charge in [-0.2, -0.15) is 0 Å². The number of nitrogens with two attached hydrogens (primary N) is 1. The molecule has 3 nitrogen and oxygen atoms in total. The van der Waals surface area contributed by atoms with Gasteiger partial charge in [0.25, 0.3) is 0 Å². The van der Waals surface area contributed by atoms with Crippen LogP contribution in [0.15, 0.2) is 24.0 Å². The molecule has 2 unspecified atom stereocenters. The molecule has 0 radical (unpaired) electrons. The van der Waals surface area contributed by atoms with Gasteiger partial charge in [-0.1, -0.05) is 6.08 Å². The third-order valence-electron chi connectivity index (χ3n) is 2.29. The van der Waals surface area contributed by atoms with Gasteiger partial charge in [0, 0.05) is 12.5 Å². The summed E-state index contributed by atoms with van der Waals surface area (Å²) >= 11 is 0. The Morgan fingerprint density at radius 3 is 3.08 bits per heavy atom. The Balaban J connectivity index is 1.85. The van der Waals surface area contributed by atoms with E-state index in [9.17, 15) is 0 Å². The summed E-state index contributed by atoms with van der Waals surface area (Å²) in [4.78, 5) is 0. The van der Waals surface area contributed by atoms with Crippen LogP contribution in [0.5, 0.6) is 0 Å². The monoisotopic (exact) mass is 181 g/mol. The highest BCUT2D eigenvalue weighted by molar-refractivity contribution is 5.20. The molecule has 0 bridgehead atoms. The molecule has 1 fully saturated rings. The fourth-order valence-electron chi connectivity index (χ4n) is 1.50. The van der Waals surface area contributed by atoms with Crippen molar-refractivity contribution in [2.24, 2.45) is 5.73 Å². The van der Waals surface area contributed by atoms with Gasteiger partial charge in [0.2, 0.25) is 0 Å². The van der Waals surface area contributed by atoms with Gasteiger partial charge in [-0.3, -0.25) is 0 Å². The molecule has 2 N–H and O–H groups in total. The first-order valence-corrected chi connectivity index (χ1v) is 4.73. The molecular formula is C10H15NO2. The molecule has 2 rings (SSSR count). The van der Waals surface area contributed by atoms with Crippen molar-refractivity contribution < 1.29 is 9.47 Å². The number of rotatable bonds is 2. The molecule has 0 aromatic rings. The number of hydrogen-bond donors (Lipinski definition) is 1. The highest BCUT2D eigenvalue weighted by Gasteiger charge is 2.18. The molecule has 2 atom stereocenters. The van der Waals surface area contributed by atoms with Crippen LogP contribution in [-0.2, 0) is 9.47 Å². The van der Waals surface area contributed by atoms with Crippen LogP contribution in [0.2, 0.25) is 0 Å². The van der Waals surface area contributed by atoms with Gasteiger partial charge >= 0.3 is 0 Å². The predicted molar refractivity (Wildman–Crippen MR) is 50.1 cm³/mol. The van der Waals surface area contributed by atoms with Crippen LogP contribution in [0.25, 0.3) is 0 Å². The Morgan fingerprint density at radius 2 is 2.46 bits per heavy atom. The molecule has 0 aromatic carbocycles. The lowest BCUT2D eigenvalue weighted by molar-refractivity contribution is 0.0970. The highest BCUT2D eigenvalue weighted by atomic mass is 16.5. The van der Waals surface area contributed by atoms with E-state index in [1.165, 1.54) is 0 Å². The second kappa shape index (κ2) is 3.94. The number of hydrogen-bond acceptors (Lipinski definition) is 3. The average Bonchev–Trinajstić information content (AvgIpc) is 2.62. The third-order valence-corrected chi connectivity index (χ3v) is 2.29. The van der Waals surface area contributed by atoms with Crippen molar-refractivity contribution in [1.29, 1.82) is 0 Å². The van der Waals surface area contributed by atoms with E-state index in [4.69, 9.17) is 15.2 Å². The molecule has 1 saturated heterocycles. The van der Waals surface area contributed by atoms with Crippen molar-refractivity contribution in [3.8, 4) is 0 Å². The van der Waals surface area contributed by atoms with Crippen LogP contribution in [0.4, 0.5) is 0 Å². The summed E-state index contributed by atoms with van der Waals surface area (Å²) in [6, 6.07) is 0.159.